The van der Waals surface area contributed by atoms with E-state index in [2.05, 4.69) is 22.9 Å². The van der Waals surface area contributed by atoms with Crippen molar-refractivity contribution in [2.45, 2.75) is 108 Å². The quantitative estimate of drug-likeness (QED) is 0.0580. The summed E-state index contributed by atoms with van der Waals surface area (Å²) >= 11 is 3.62. The smallest absolute Gasteiger partial charge is 0.469 e. The molecule has 0 bridgehead atoms. The third kappa shape index (κ3) is 14.0. The number of phosphoric ester groups is 1. The lowest BCUT2D eigenvalue weighted by atomic mass is 10.1. The van der Waals surface area contributed by atoms with Gasteiger partial charge in [0.05, 0.1) is 19.8 Å². The molecule has 0 aromatic heterocycles. The minimum absolute atomic E-state index is 0.0558. The normalized spacial score (nSPS) is 13.9. The molecule has 9 heteroatoms. The van der Waals surface area contributed by atoms with Gasteiger partial charge in [0.1, 0.15) is 23.7 Å². The molecule has 3 atom stereocenters. The van der Waals surface area contributed by atoms with Crippen LogP contribution >= 0.6 is 23.8 Å². The number of unbranched alkanes of at least 4 members (excludes halogenated alkanes) is 9. The molecule has 0 saturated heterocycles. The van der Waals surface area contributed by atoms with E-state index in [1.807, 2.05) is 73.7 Å². The molecule has 244 valence electrons. The van der Waals surface area contributed by atoms with Gasteiger partial charge in [-0.05, 0) is 30.5 Å². The van der Waals surface area contributed by atoms with E-state index in [4.69, 9.17) is 18.7 Å². The van der Waals surface area contributed by atoms with Crippen molar-refractivity contribution in [1.82, 2.24) is 0 Å². The largest absolute Gasteiger partial charge is 0.493 e. The van der Waals surface area contributed by atoms with E-state index in [0.29, 0.717) is 18.8 Å². The summed E-state index contributed by atoms with van der Waals surface area (Å²) in [5.74, 6) is 1.46. The first-order valence-electron chi connectivity index (χ1n) is 16.1. The van der Waals surface area contributed by atoms with Gasteiger partial charge in [-0.25, -0.2) is 4.57 Å². The lowest BCUT2D eigenvalue weighted by Crippen LogP contribution is -2.39. The summed E-state index contributed by atoms with van der Waals surface area (Å²) in [7, 11) is -4.71. The van der Waals surface area contributed by atoms with Gasteiger partial charge in [0.25, 0.3) is 0 Å². The zero-order valence-electron chi connectivity index (χ0n) is 26.2. The average Bonchev–Trinajstić information content (AvgIpc) is 2.99. The molecule has 0 amide bonds. The number of phosphoric acid groups is 1. The van der Waals surface area contributed by atoms with Gasteiger partial charge in [0.15, 0.2) is 0 Å². The lowest BCUT2D eigenvalue weighted by Gasteiger charge is -2.29. The fourth-order valence-corrected chi connectivity index (χ4v) is 5.93. The molecule has 0 aliphatic carbocycles. The van der Waals surface area contributed by atoms with Gasteiger partial charge >= 0.3 is 7.82 Å². The Kier molecular flexibility index (Phi) is 16.8. The predicted octanol–water partition coefficient (Wildman–Crippen LogP) is 9.76. The number of hydrogen-bond donors (Lipinski definition) is 2. The van der Waals surface area contributed by atoms with E-state index < -0.39 is 20.0 Å². The topological polar surface area (TPSA) is 94.5 Å². The molecule has 3 aromatic carbocycles. The molecule has 3 aromatic rings. The van der Waals surface area contributed by atoms with Crippen LogP contribution in [0.15, 0.2) is 66.7 Å². The Morgan fingerprint density at radius 1 is 0.750 bits per heavy atom. The summed E-state index contributed by atoms with van der Waals surface area (Å²) < 4.78 is 35.5. The van der Waals surface area contributed by atoms with Gasteiger partial charge in [-0.2, -0.15) is 0 Å². The van der Waals surface area contributed by atoms with Crippen LogP contribution in [0.3, 0.4) is 0 Å². The Balaban J connectivity index is 1.65. The minimum atomic E-state index is -4.71. The Labute approximate surface area is 272 Å². The maximum Gasteiger partial charge on any atom is 0.469 e. The first-order chi connectivity index (χ1) is 21.3. The van der Waals surface area contributed by atoms with Gasteiger partial charge < -0.3 is 24.0 Å². The van der Waals surface area contributed by atoms with Crippen molar-refractivity contribution in [3.05, 3.63) is 72.3 Å². The number of benzene rings is 3. The van der Waals surface area contributed by atoms with E-state index in [1.54, 1.807) is 0 Å². The molecular weight excluding hydrogens is 643 g/mol. The minimum Gasteiger partial charge on any atom is -0.493 e. The summed E-state index contributed by atoms with van der Waals surface area (Å²) in [6, 6.07) is 21.4. The maximum absolute atomic E-state index is 11.6. The van der Waals surface area contributed by atoms with E-state index in [1.165, 1.54) is 57.8 Å². The van der Waals surface area contributed by atoms with E-state index in [-0.39, 0.29) is 18.0 Å². The summed E-state index contributed by atoms with van der Waals surface area (Å²) in [5, 5.41) is 1.86. The van der Waals surface area contributed by atoms with Crippen molar-refractivity contribution >= 4 is 34.5 Å². The summed E-state index contributed by atoms with van der Waals surface area (Å²) in [4.78, 5) is 18.9. The summed E-state index contributed by atoms with van der Waals surface area (Å²) in [6.07, 6.45) is 12.0. The molecule has 44 heavy (non-hydrogen) atoms. The predicted molar refractivity (Wildman–Crippen MR) is 182 cm³/mol. The van der Waals surface area contributed by atoms with E-state index in [0.717, 1.165) is 28.5 Å². The van der Waals surface area contributed by atoms with Crippen LogP contribution in [-0.4, -0.2) is 40.0 Å². The fraction of sp³-hybridized carbons (Fsp3) is 0.543. The van der Waals surface area contributed by atoms with Crippen molar-refractivity contribution in [3.8, 4) is 11.5 Å². The van der Waals surface area contributed by atoms with Crippen LogP contribution < -0.4 is 9.47 Å². The van der Waals surface area contributed by atoms with Crippen LogP contribution in [0.25, 0.3) is 10.8 Å². The number of ether oxygens (including phenoxy) is 3. The molecule has 3 rings (SSSR count). The first-order valence-corrected chi connectivity index (χ1v) is 18.5. The molecule has 7 nitrogen and oxygen atoms in total. The van der Waals surface area contributed by atoms with Crippen LogP contribution in [0.2, 0.25) is 0 Å². The highest BCUT2D eigenvalue weighted by Crippen LogP contribution is 2.38. The molecule has 0 spiro atoms. The second-order valence-corrected chi connectivity index (χ2v) is 14.2. The van der Waals surface area contributed by atoms with Crippen LogP contribution in [0, 0.1) is 0 Å². The molecule has 3 unspecified atom stereocenters. The number of alkyl halides is 1. The van der Waals surface area contributed by atoms with Gasteiger partial charge in [0, 0.05) is 15.6 Å². The Bertz CT molecular complexity index is 1250. The molecule has 0 radical (unpaired) electrons. The van der Waals surface area contributed by atoms with Crippen LogP contribution in [0.5, 0.6) is 11.5 Å². The number of halogens is 1. The Morgan fingerprint density at radius 2 is 1.34 bits per heavy atom. The fourth-order valence-electron chi connectivity index (χ4n) is 5.22. The molecule has 0 aliphatic heterocycles. The van der Waals surface area contributed by atoms with Crippen molar-refractivity contribution in [2.75, 3.05) is 13.2 Å². The number of hydrogen-bond acceptors (Lipinski definition) is 5. The zero-order valence-corrected chi connectivity index (χ0v) is 28.7. The van der Waals surface area contributed by atoms with E-state index in [9.17, 15) is 14.4 Å². The second kappa shape index (κ2) is 20.2. The zero-order chi connectivity index (χ0) is 31.6. The molecule has 0 heterocycles. The number of fused-ring (bicyclic) bond motifs is 1. The summed E-state index contributed by atoms with van der Waals surface area (Å²) in [5.41, 5.74) is 0.939. The van der Waals surface area contributed by atoms with Crippen LogP contribution in [0.1, 0.15) is 90.0 Å². The van der Waals surface area contributed by atoms with Gasteiger partial charge in [0.2, 0.25) is 0 Å². The SMILES string of the molecule is CCCCCCCCCCCCOc1cccc2c(OC(CC(C)Br)C(COP(=O)(O)O)OCc3ccccc3)cccc12. The average molecular weight is 694 g/mol. The third-order valence-electron chi connectivity index (χ3n) is 7.56. The van der Waals surface area contributed by atoms with Crippen molar-refractivity contribution in [1.29, 1.82) is 0 Å². The highest BCUT2D eigenvalue weighted by molar-refractivity contribution is 9.09. The van der Waals surface area contributed by atoms with Crippen molar-refractivity contribution < 1.29 is 33.1 Å². The maximum atomic E-state index is 11.6. The molecule has 2 N–H and O–H groups in total. The highest BCUT2D eigenvalue weighted by atomic mass is 79.9. The van der Waals surface area contributed by atoms with Crippen LogP contribution in [0.4, 0.5) is 0 Å². The first kappa shape index (κ1) is 36.5. The van der Waals surface area contributed by atoms with E-state index >= 15 is 0 Å². The Morgan fingerprint density at radius 3 is 1.95 bits per heavy atom. The molecule has 0 aliphatic rings. The van der Waals surface area contributed by atoms with Crippen LogP contribution in [-0.2, 0) is 20.4 Å². The molecule has 0 fully saturated rings. The lowest BCUT2D eigenvalue weighted by molar-refractivity contribution is -0.0616. The third-order valence-corrected chi connectivity index (χ3v) is 8.42. The van der Waals surface area contributed by atoms with Gasteiger partial charge in [-0.15, -0.1) is 0 Å². The standard InChI is InChI=1S/C35H50BrO7P/c1-3-4-5-6-7-8-9-10-11-15-24-40-32-22-16-21-31-30(32)20-17-23-33(31)43-34(25-28(2)36)35(27-42-44(37,38)39)41-26-29-18-13-12-14-19-29/h12-14,16-23,28,34-35H,3-11,15,24-27H2,1-2H3,(H2,37,38,39). The Hall–Kier alpha value is -1.93. The van der Waals surface area contributed by atoms with Gasteiger partial charge in [-0.3, -0.25) is 4.52 Å². The molecule has 0 saturated carbocycles. The molecular formula is C35H50BrO7P. The second-order valence-electron chi connectivity index (χ2n) is 11.4. The van der Waals surface area contributed by atoms with Crippen molar-refractivity contribution in [2.24, 2.45) is 0 Å². The van der Waals surface area contributed by atoms with Crippen molar-refractivity contribution in [3.63, 3.8) is 0 Å². The highest BCUT2D eigenvalue weighted by Gasteiger charge is 2.30. The number of rotatable bonds is 23. The van der Waals surface area contributed by atoms with Gasteiger partial charge in [-0.1, -0.05) is 142 Å². The summed E-state index contributed by atoms with van der Waals surface area (Å²) in [6.45, 7) is 4.85. The monoisotopic (exact) mass is 692 g/mol.